The van der Waals surface area contributed by atoms with Crippen LogP contribution in [0.2, 0.25) is 0 Å². The van der Waals surface area contributed by atoms with Crippen LogP contribution in [-0.4, -0.2) is 33.7 Å². The maximum atomic E-state index is 5.98. The molecule has 42 heavy (non-hydrogen) atoms. The summed E-state index contributed by atoms with van der Waals surface area (Å²) >= 11 is 0. The summed E-state index contributed by atoms with van der Waals surface area (Å²) in [6.07, 6.45) is 7.24. The van der Waals surface area contributed by atoms with E-state index >= 15 is 0 Å². The fourth-order valence-corrected chi connectivity index (χ4v) is 5.95. The number of fused-ring (bicyclic) bond motifs is 3. The molecule has 8 nitrogen and oxygen atoms in total. The number of rotatable bonds is 9. The Morgan fingerprint density at radius 2 is 1.81 bits per heavy atom. The maximum absolute atomic E-state index is 5.98. The van der Waals surface area contributed by atoms with Gasteiger partial charge in [0.05, 0.1) is 31.4 Å². The highest BCUT2D eigenvalue weighted by atomic mass is 16.5. The lowest BCUT2D eigenvalue weighted by atomic mass is 9.96. The second-order valence-corrected chi connectivity index (χ2v) is 10.7. The molecule has 1 atom stereocenters. The summed E-state index contributed by atoms with van der Waals surface area (Å²) in [5.41, 5.74) is 8.20. The third kappa shape index (κ3) is 4.87. The molecule has 0 aliphatic heterocycles. The number of hydrogen-bond acceptors (Lipinski definition) is 6. The predicted octanol–water partition coefficient (Wildman–Crippen LogP) is 6.48. The summed E-state index contributed by atoms with van der Waals surface area (Å²) in [4.78, 5) is 14.4. The minimum Gasteiger partial charge on any atom is -0.497 e. The molecule has 0 radical (unpaired) electrons. The molecule has 0 N–H and O–H groups in total. The van der Waals surface area contributed by atoms with Crippen molar-refractivity contribution in [1.82, 2.24) is 19.5 Å². The van der Waals surface area contributed by atoms with Crippen LogP contribution in [0.1, 0.15) is 47.7 Å². The highest BCUT2D eigenvalue weighted by Crippen LogP contribution is 2.39. The van der Waals surface area contributed by atoms with Crippen molar-refractivity contribution in [2.75, 3.05) is 14.2 Å². The van der Waals surface area contributed by atoms with Gasteiger partial charge < -0.3 is 14.0 Å². The van der Waals surface area contributed by atoms with E-state index in [1.165, 1.54) is 5.56 Å². The molecule has 214 valence electrons. The Morgan fingerprint density at radius 1 is 1.00 bits per heavy atom. The molecule has 0 bridgehead atoms. The Hall–Kier alpha value is -4.72. The Morgan fingerprint density at radius 3 is 2.45 bits per heavy atom. The van der Waals surface area contributed by atoms with Gasteiger partial charge in [-0.2, -0.15) is 0 Å². The van der Waals surface area contributed by atoms with Crippen molar-refractivity contribution in [3.63, 3.8) is 0 Å². The first-order valence-electron chi connectivity index (χ1n) is 14.3. The lowest BCUT2D eigenvalue weighted by molar-refractivity contribution is -0.850. The van der Waals surface area contributed by atoms with Crippen molar-refractivity contribution in [3.8, 4) is 22.6 Å². The first kappa shape index (κ1) is 27.4. The molecule has 0 aliphatic rings. The summed E-state index contributed by atoms with van der Waals surface area (Å²) in [5.74, 6) is 3.73. The van der Waals surface area contributed by atoms with Gasteiger partial charge in [0.15, 0.2) is 12.8 Å². The molecule has 4 aromatic heterocycles. The first-order valence-corrected chi connectivity index (χ1v) is 14.3. The van der Waals surface area contributed by atoms with Crippen LogP contribution in [0.15, 0.2) is 71.6 Å². The molecule has 6 aromatic rings. The van der Waals surface area contributed by atoms with Crippen LogP contribution in [0.5, 0.6) is 11.5 Å². The second-order valence-electron chi connectivity index (χ2n) is 10.7. The molecule has 4 heterocycles. The van der Waals surface area contributed by atoms with Gasteiger partial charge in [0, 0.05) is 56.1 Å². The van der Waals surface area contributed by atoms with Gasteiger partial charge in [-0.15, -0.1) is 0 Å². The average molecular weight is 563 g/mol. The number of pyridine rings is 2. The van der Waals surface area contributed by atoms with Gasteiger partial charge in [-0.25, -0.2) is 9.51 Å². The number of methoxy groups -OCH3 is 2. The SMILES string of the molecule is CCC(Cn1c(Cc2cccnc2)nc2cnc3cc(-c4c(C)o[n+](C)c4C)c(OC)cc3c21)c1ccc(OC)cc1. The smallest absolute Gasteiger partial charge is 0.236 e. The van der Waals surface area contributed by atoms with Crippen LogP contribution >= 0.6 is 0 Å². The number of hydrogen-bond donors (Lipinski definition) is 0. The van der Waals surface area contributed by atoms with Gasteiger partial charge in [0.1, 0.15) is 28.4 Å². The largest absolute Gasteiger partial charge is 0.497 e. The molecule has 0 amide bonds. The fourth-order valence-electron chi connectivity index (χ4n) is 5.95. The zero-order valence-electron chi connectivity index (χ0n) is 25.0. The van der Waals surface area contributed by atoms with Gasteiger partial charge in [-0.3, -0.25) is 9.97 Å². The van der Waals surface area contributed by atoms with E-state index in [2.05, 4.69) is 53.7 Å². The zero-order chi connectivity index (χ0) is 29.4. The number of imidazole rings is 1. The van der Waals surface area contributed by atoms with E-state index in [4.69, 9.17) is 24.0 Å². The normalized spacial score (nSPS) is 12.2. The summed E-state index contributed by atoms with van der Waals surface area (Å²) in [7, 11) is 5.32. The van der Waals surface area contributed by atoms with Gasteiger partial charge in [0.25, 0.3) is 0 Å². The van der Waals surface area contributed by atoms with Gasteiger partial charge in [0.2, 0.25) is 5.69 Å². The third-order valence-corrected chi connectivity index (χ3v) is 8.27. The minimum atomic E-state index is 0.279. The van der Waals surface area contributed by atoms with Crippen LogP contribution in [-0.2, 0) is 20.0 Å². The molecular formula is C34H36N5O3+. The molecule has 2 aromatic carbocycles. The maximum Gasteiger partial charge on any atom is 0.236 e. The molecule has 1 unspecified atom stereocenters. The summed E-state index contributed by atoms with van der Waals surface area (Å²) in [6, 6.07) is 16.7. The topological polar surface area (TPSA) is 79.1 Å². The van der Waals surface area contributed by atoms with Crippen molar-refractivity contribution >= 4 is 21.9 Å². The Labute approximate surface area is 245 Å². The van der Waals surface area contributed by atoms with Crippen LogP contribution in [0.4, 0.5) is 0 Å². The molecule has 0 fully saturated rings. The number of aromatic nitrogens is 5. The van der Waals surface area contributed by atoms with Crippen LogP contribution < -0.4 is 14.2 Å². The number of nitrogens with zero attached hydrogens (tertiary/aromatic N) is 5. The molecule has 6 rings (SSSR count). The van der Waals surface area contributed by atoms with E-state index in [-0.39, 0.29) is 5.92 Å². The highest BCUT2D eigenvalue weighted by molar-refractivity contribution is 6.05. The molecule has 0 aliphatic carbocycles. The van der Waals surface area contributed by atoms with E-state index in [0.29, 0.717) is 6.42 Å². The zero-order valence-corrected chi connectivity index (χ0v) is 25.0. The molecule has 0 saturated heterocycles. The second kappa shape index (κ2) is 11.3. The van der Waals surface area contributed by atoms with E-state index in [1.54, 1.807) is 25.2 Å². The van der Waals surface area contributed by atoms with Gasteiger partial charge in [-0.05, 0) is 52.6 Å². The van der Waals surface area contributed by atoms with Gasteiger partial charge in [-0.1, -0.05) is 25.1 Å². The Kier molecular flexibility index (Phi) is 7.37. The van der Waals surface area contributed by atoms with E-state index in [0.717, 1.165) is 80.4 Å². The van der Waals surface area contributed by atoms with Crippen molar-refractivity contribution in [2.24, 2.45) is 7.05 Å². The lowest BCUT2D eigenvalue weighted by Gasteiger charge is -2.20. The highest BCUT2D eigenvalue weighted by Gasteiger charge is 2.26. The monoisotopic (exact) mass is 562 g/mol. The first-order chi connectivity index (χ1) is 20.4. The summed E-state index contributed by atoms with van der Waals surface area (Å²) < 4.78 is 21.4. The lowest BCUT2D eigenvalue weighted by Crippen LogP contribution is -2.27. The van der Waals surface area contributed by atoms with Crippen molar-refractivity contribution < 1.29 is 18.7 Å². The molecular weight excluding hydrogens is 526 g/mol. The van der Waals surface area contributed by atoms with Crippen molar-refractivity contribution in [2.45, 2.75) is 46.1 Å². The molecule has 8 heteroatoms. The minimum absolute atomic E-state index is 0.279. The van der Waals surface area contributed by atoms with Crippen molar-refractivity contribution in [3.05, 3.63) is 95.5 Å². The van der Waals surface area contributed by atoms with E-state index in [9.17, 15) is 0 Å². The third-order valence-electron chi connectivity index (χ3n) is 8.27. The quantitative estimate of drug-likeness (QED) is 0.188. The van der Waals surface area contributed by atoms with Gasteiger partial charge >= 0.3 is 0 Å². The average Bonchev–Trinajstić information content (AvgIpc) is 3.49. The Bertz CT molecular complexity index is 1870. The predicted molar refractivity (Wildman–Crippen MR) is 163 cm³/mol. The summed E-state index contributed by atoms with van der Waals surface area (Å²) in [5, 5.41) is 1.01. The Balaban J connectivity index is 1.55. The summed E-state index contributed by atoms with van der Waals surface area (Å²) in [6.45, 7) is 7.04. The van der Waals surface area contributed by atoms with Crippen LogP contribution in [0.25, 0.3) is 33.1 Å². The molecule has 0 saturated carbocycles. The number of ether oxygens (including phenoxy) is 2. The van der Waals surface area contributed by atoms with Crippen LogP contribution in [0.3, 0.4) is 0 Å². The molecule has 0 spiro atoms. The number of benzene rings is 2. The fraction of sp³-hybridized carbons (Fsp3) is 0.294. The van der Waals surface area contributed by atoms with Crippen molar-refractivity contribution in [1.29, 1.82) is 0 Å². The van der Waals surface area contributed by atoms with E-state index < -0.39 is 0 Å². The number of aryl methyl sites for hydroxylation is 2. The van der Waals surface area contributed by atoms with Crippen LogP contribution in [0, 0.1) is 13.8 Å². The van der Waals surface area contributed by atoms with E-state index in [1.807, 2.05) is 44.6 Å². The standard InChI is InChI=1S/C34H36N5O3/c1-7-24(25-10-12-26(40-5)13-11-25)20-39-32(15-23-9-8-14-35-18-23)37-30-19-36-29-16-28(31(41-6)17-27(29)34(30)39)33-21(2)38(4)42-22(33)3/h8-14,16-19,24H,7,15,20H2,1-6H3/q+1.